The van der Waals surface area contributed by atoms with Crippen LogP contribution in [0.3, 0.4) is 0 Å². The van der Waals surface area contributed by atoms with E-state index in [9.17, 15) is 4.39 Å². The highest BCUT2D eigenvalue weighted by Crippen LogP contribution is 2.26. The summed E-state index contributed by atoms with van der Waals surface area (Å²) in [5.74, 6) is 1.45. The predicted molar refractivity (Wildman–Crippen MR) is 100 cm³/mol. The molecule has 1 saturated heterocycles. The quantitative estimate of drug-likeness (QED) is 0.609. The molecule has 26 heavy (non-hydrogen) atoms. The fourth-order valence-electron chi connectivity index (χ4n) is 3.08. The summed E-state index contributed by atoms with van der Waals surface area (Å²) in [5, 5.41) is 9.63. The molecule has 0 N–H and O–H groups in total. The van der Waals surface area contributed by atoms with Gasteiger partial charge in [-0.2, -0.15) is 0 Å². The summed E-state index contributed by atoms with van der Waals surface area (Å²) in [5.41, 5.74) is 2.04. The zero-order valence-corrected chi connectivity index (χ0v) is 15.2. The van der Waals surface area contributed by atoms with E-state index >= 15 is 0 Å². The van der Waals surface area contributed by atoms with Crippen LogP contribution in [0.4, 0.5) is 4.39 Å². The average Bonchev–Trinajstić information content (AvgIpc) is 3.32. The van der Waals surface area contributed by atoms with Crippen LogP contribution in [0.15, 0.2) is 59.8 Å². The van der Waals surface area contributed by atoms with E-state index in [1.54, 1.807) is 23.9 Å². The van der Waals surface area contributed by atoms with Crippen LogP contribution in [0.5, 0.6) is 0 Å². The summed E-state index contributed by atoms with van der Waals surface area (Å²) >= 11 is 1.65. The number of ether oxygens (including phenoxy) is 1. The minimum Gasteiger partial charge on any atom is -0.377 e. The van der Waals surface area contributed by atoms with Gasteiger partial charge in [-0.1, -0.05) is 42.1 Å². The number of aromatic nitrogens is 3. The highest BCUT2D eigenvalue weighted by molar-refractivity contribution is 7.99. The van der Waals surface area contributed by atoms with Crippen LogP contribution in [0.2, 0.25) is 0 Å². The fraction of sp³-hybridized carbons (Fsp3) is 0.300. The molecule has 0 bridgehead atoms. The van der Waals surface area contributed by atoms with E-state index in [4.69, 9.17) is 4.74 Å². The van der Waals surface area contributed by atoms with Gasteiger partial charge in [-0.25, -0.2) is 4.39 Å². The molecule has 3 aromatic rings. The van der Waals surface area contributed by atoms with Crippen molar-refractivity contribution < 1.29 is 9.13 Å². The van der Waals surface area contributed by atoms with Crippen LogP contribution in [0, 0.1) is 5.82 Å². The molecule has 4 rings (SSSR count). The van der Waals surface area contributed by atoms with Gasteiger partial charge in [0.1, 0.15) is 11.6 Å². The van der Waals surface area contributed by atoms with Crippen molar-refractivity contribution in [1.29, 1.82) is 0 Å². The zero-order valence-electron chi connectivity index (χ0n) is 14.3. The topological polar surface area (TPSA) is 39.9 Å². The molecular formula is C20H20FN3OS. The Labute approximate surface area is 156 Å². The van der Waals surface area contributed by atoms with Crippen molar-refractivity contribution in [1.82, 2.24) is 14.8 Å². The van der Waals surface area contributed by atoms with E-state index in [1.165, 1.54) is 17.7 Å². The van der Waals surface area contributed by atoms with Gasteiger partial charge in [-0.05, 0) is 42.7 Å². The van der Waals surface area contributed by atoms with Crippen LogP contribution in [-0.4, -0.2) is 33.2 Å². The number of halogens is 1. The summed E-state index contributed by atoms with van der Waals surface area (Å²) in [6.45, 7) is 0.842. The summed E-state index contributed by atoms with van der Waals surface area (Å²) in [6.07, 6.45) is 3.16. The first-order valence-corrected chi connectivity index (χ1v) is 9.77. The van der Waals surface area contributed by atoms with Gasteiger partial charge in [0, 0.05) is 24.5 Å². The molecule has 4 nitrogen and oxygen atoms in total. The second-order valence-corrected chi connectivity index (χ2v) is 7.31. The Bertz CT molecular complexity index is 845. The Balaban J connectivity index is 1.63. The largest absolute Gasteiger partial charge is 0.377 e. The normalized spacial score (nSPS) is 16.9. The van der Waals surface area contributed by atoms with Gasteiger partial charge in [0.05, 0.1) is 6.10 Å². The van der Waals surface area contributed by atoms with E-state index in [0.29, 0.717) is 6.42 Å². The maximum absolute atomic E-state index is 13.4. The SMILES string of the molecule is Fc1ccc(-n2c(Cc3ccccc3)nnc2SC[C@H]2CCCO2)cc1. The summed E-state index contributed by atoms with van der Waals surface area (Å²) < 4.78 is 21.1. The summed E-state index contributed by atoms with van der Waals surface area (Å²) in [4.78, 5) is 0. The third-order valence-corrected chi connectivity index (χ3v) is 5.47. The molecule has 1 aromatic heterocycles. The highest BCUT2D eigenvalue weighted by Gasteiger charge is 2.20. The molecule has 0 unspecified atom stereocenters. The molecule has 6 heteroatoms. The lowest BCUT2D eigenvalue weighted by Gasteiger charge is -2.12. The van der Waals surface area contributed by atoms with Crippen molar-refractivity contribution >= 4 is 11.8 Å². The van der Waals surface area contributed by atoms with Crippen LogP contribution < -0.4 is 0 Å². The third kappa shape index (κ3) is 3.97. The van der Waals surface area contributed by atoms with E-state index in [0.717, 1.165) is 41.9 Å². The molecule has 0 spiro atoms. The summed E-state index contributed by atoms with van der Waals surface area (Å²) in [7, 11) is 0. The van der Waals surface area contributed by atoms with Gasteiger partial charge in [-0.15, -0.1) is 10.2 Å². The average molecular weight is 369 g/mol. The van der Waals surface area contributed by atoms with Gasteiger partial charge in [0.25, 0.3) is 0 Å². The van der Waals surface area contributed by atoms with Crippen LogP contribution >= 0.6 is 11.8 Å². The Morgan fingerprint density at radius 3 is 2.62 bits per heavy atom. The predicted octanol–water partition coefficient (Wildman–Crippen LogP) is 4.27. The first-order valence-electron chi connectivity index (χ1n) is 8.78. The van der Waals surface area contributed by atoms with Gasteiger partial charge in [0.2, 0.25) is 0 Å². The molecule has 1 aliphatic heterocycles. The molecule has 1 atom stereocenters. The van der Waals surface area contributed by atoms with E-state index in [2.05, 4.69) is 22.3 Å². The van der Waals surface area contributed by atoms with Crippen molar-refractivity contribution in [2.24, 2.45) is 0 Å². The first kappa shape index (κ1) is 17.2. The fourth-order valence-corrected chi connectivity index (χ4v) is 4.12. The lowest BCUT2D eigenvalue weighted by Crippen LogP contribution is -2.09. The molecule has 2 aromatic carbocycles. The molecule has 0 saturated carbocycles. The second kappa shape index (κ2) is 8.01. The highest BCUT2D eigenvalue weighted by atomic mass is 32.2. The van der Waals surface area contributed by atoms with Gasteiger partial charge in [0.15, 0.2) is 5.16 Å². The van der Waals surface area contributed by atoms with Crippen LogP contribution in [0.1, 0.15) is 24.2 Å². The van der Waals surface area contributed by atoms with Crippen molar-refractivity contribution in [3.8, 4) is 5.69 Å². The van der Waals surface area contributed by atoms with Crippen molar-refractivity contribution in [3.63, 3.8) is 0 Å². The maximum atomic E-state index is 13.4. The number of nitrogens with zero attached hydrogens (tertiary/aromatic N) is 3. The zero-order chi connectivity index (χ0) is 17.8. The van der Waals surface area contributed by atoms with E-state index in [1.807, 2.05) is 22.8 Å². The number of benzene rings is 2. The standard InChI is InChI=1S/C20H20FN3OS/c21-16-8-10-17(11-9-16)24-19(13-15-5-2-1-3-6-15)22-23-20(24)26-14-18-7-4-12-25-18/h1-3,5-6,8-11,18H,4,7,12-14H2/t18-/m1/s1. The van der Waals surface area contributed by atoms with Crippen LogP contribution in [-0.2, 0) is 11.2 Å². The van der Waals surface area contributed by atoms with Gasteiger partial charge in [-0.3, -0.25) is 4.57 Å². The molecule has 1 fully saturated rings. The smallest absolute Gasteiger partial charge is 0.195 e. The molecule has 1 aliphatic rings. The molecule has 2 heterocycles. The number of hydrogen-bond acceptors (Lipinski definition) is 4. The molecule has 0 amide bonds. The number of thioether (sulfide) groups is 1. The molecular weight excluding hydrogens is 349 g/mol. The minimum atomic E-state index is -0.250. The first-order chi connectivity index (χ1) is 12.8. The minimum absolute atomic E-state index is 0.250. The maximum Gasteiger partial charge on any atom is 0.195 e. The molecule has 0 aliphatic carbocycles. The van der Waals surface area contributed by atoms with Crippen molar-refractivity contribution in [2.75, 3.05) is 12.4 Å². The van der Waals surface area contributed by atoms with E-state index < -0.39 is 0 Å². The Hall–Kier alpha value is -2.18. The number of hydrogen-bond donors (Lipinski definition) is 0. The van der Waals surface area contributed by atoms with Crippen molar-refractivity contribution in [3.05, 3.63) is 71.8 Å². The van der Waals surface area contributed by atoms with Gasteiger partial charge < -0.3 is 4.74 Å². The summed E-state index contributed by atoms with van der Waals surface area (Å²) in [6, 6.07) is 16.6. The monoisotopic (exact) mass is 369 g/mol. The lowest BCUT2D eigenvalue weighted by molar-refractivity contribution is 0.129. The molecule has 0 radical (unpaired) electrons. The Morgan fingerprint density at radius 2 is 1.88 bits per heavy atom. The number of rotatable bonds is 6. The lowest BCUT2D eigenvalue weighted by atomic mass is 10.1. The molecule has 134 valence electrons. The van der Waals surface area contributed by atoms with Crippen molar-refractivity contribution in [2.45, 2.75) is 30.5 Å². The second-order valence-electron chi connectivity index (χ2n) is 6.32. The van der Waals surface area contributed by atoms with Gasteiger partial charge >= 0.3 is 0 Å². The Morgan fingerprint density at radius 1 is 1.08 bits per heavy atom. The van der Waals surface area contributed by atoms with E-state index in [-0.39, 0.29) is 11.9 Å². The third-order valence-electron chi connectivity index (χ3n) is 4.41. The Kier molecular flexibility index (Phi) is 5.32. The van der Waals surface area contributed by atoms with Crippen LogP contribution in [0.25, 0.3) is 5.69 Å².